The minimum atomic E-state index is -0.388. The van der Waals surface area contributed by atoms with Crippen LogP contribution in [-0.4, -0.2) is 85.3 Å². The minimum Gasteiger partial charge on any atom is -0.506 e. The number of piperazine rings is 1. The highest BCUT2D eigenvalue weighted by molar-refractivity contribution is 6.17. The van der Waals surface area contributed by atoms with Crippen LogP contribution in [0, 0.1) is 10.8 Å². The van der Waals surface area contributed by atoms with Crippen molar-refractivity contribution in [1.29, 1.82) is 10.8 Å². The van der Waals surface area contributed by atoms with E-state index in [0.29, 0.717) is 42.2 Å². The smallest absolute Gasteiger partial charge is 0.254 e. The number of nitrogens with one attached hydrogen (secondary N) is 2. The van der Waals surface area contributed by atoms with E-state index >= 15 is 0 Å². The van der Waals surface area contributed by atoms with Crippen LogP contribution in [0.5, 0.6) is 5.75 Å². The number of amides is 1. The molecule has 0 saturated carbocycles. The number of aliphatic hydroxyl groups excluding tert-OH is 1. The monoisotopic (exact) mass is 479 g/mol. The van der Waals surface area contributed by atoms with Gasteiger partial charge in [0.25, 0.3) is 5.91 Å². The second-order valence-corrected chi connectivity index (χ2v) is 8.60. The third kappa shape index (κ3) is 6.46. The fraction of sp³-hybridized carbons (Fsp3) is 0.346. The number of carbonyl (C=O) groups excluding carboxylic acids is 1. The van der Waals surface area contributed by atoms with Gasteiger partial charge in [-0.3, -0.25) is 10.2 Å². The Morgan fingerprint density at radius 1 is 1.14 bits per heavy atom. The van der Waals surface area contributed by atoms with Crippen LogP contribution < -0.4 is 10.5 Å². The Morgan fingerprint density at radius 3 is 2.46 bits per heavy atom. The lowest BCUT2D eigenvalue weighted by molar-refractivity contribution is 0.0533. The van der Waals surface area contributed by atoms with Crippen molar-refractivity contribution in [3.05, 3.63) is 71.0 Å². The molecule has 1 fully saturated rings. The topological polar surface area (TPSA) is 136 Å². The molecule has 0 unspecified atom stereocenters. The SMILES string of the molecule is COCCOc1ccc(C(=N)/C(O)=C/C(=N)c2ccc(C(=O)N3CCN(C)C[C@@H]3C)cc2)c(N)c1. The zero-order valence-corrected chi connectivity index (χ0v) is 20.4. The Kier molecular flexibility index (Phi) is 8.62. The van der Waals surface area contributed by atoms with Gasteiger partial charge in [-0.2, -0.15) is 0 Å². The zero-order valence-electron chi connectivity index (χ0n) is 20.4. The molecule has 0 bridgehead atoms. The van der Waals surface area contributed by atoms with E-state index in [1.54, 1.807) is 49.6 Å². The molecule has 35 heavy (non-hydrogen) atoms. The first-order chi connectivity index (χ1) is 16.7. The quantitative estimate of drug-likeness (QED) is 0.189. The van der Waals surface area contributed by atoms with Crippen molar-refractivity contribution in [2.24, 2.45) is 0 Å². The summed E-state index contributed by atoms with van der Waals surface area (Å²) in [4.78, 5) is 17.0. The summed E-state index contributed by atoms with van der Waals surface area (Å²) < 4.78 is 10.4. The summed E-state index contributed by atoms with van der Waals surface area (Å²) in [6.45, 7) is 5.19. The molecule has 0 aliphatic carbocycles. The van der Waals surface area contributed by atoms with Gasteiger partial charge in [0.2, 0.25) is 0 Å². The van der Waals surface area contributed by atoms with Crippen LogP contribution in [0.1, 0.15) is 28.4 Å². The van der Waals surface area contributed by atoms with Crippen molar-refractivity contribution < 1.29 is 19.4 Å². The number of hydrogen-bond acceptors (Lipinski definition) is 8. The van der Waals surface area contributed by atoms with E-state index in [0.717, 1.165) is 13.1 Å². The highest BCUT2D eigenvalue weighted by atomic mass is 16.5. The summed E-state index contributed by atoms with van der Waals surface area (Å²) in [6, 6.07) is 11.7. The first kappa shape index (κ1) is 25.9. The normalized spacial score (nSPS) is 16.7. The standard InChI is InChI=1S/C26H33N5O4/c1-17-16-30(2)10-11-31(17)26(33)19-6-4-18(5-7-19)22(27)15-24(32)25(29)21-9-8-20(14-23(21)28)35-13-12-34-3/h4-9,14-15,17,27,29,32H,10-13,16,28H2,1-3H3/b24-15-,27-22?,29-25?/t17-/m0/s1. The minimum absolute atomic E-state index is 0.0114. The van der Waals surface area contributed by atoms with Crippen LogP contribution in [0.2, 0.25) is 0 Å². The highest BCUT2D eigenvalue weighted by Crippen LogP contribution is 2.22. The predicted molar refractivity (Wildman–Crippen MR) is 137 cm³/mol. The number of ether oxygens (including phenoxy) is 2. The lowest BCUT2D eigenvalue weighted by Gasteiger charge is -2.38. The van der Waals surface area contributed by atoms with Gasteiger partial charge in [-0.25, -0.2) is 0 Å². The summed E-state index contributed by atoms with van der Waals surface area (Å²) in [6.07, 6.45) is 1.20. The summed E-state index contributed by atoms with van der Waals surface area (Å²) in [7, 11) is 3.63. The van der Waals surface area contributed by atoms with E-state index in [9.17, 15) is 9.90 Å². The number of nitrogen functional groups attached to an aromatic ring is 1. The van der Waals surface area contributed by atoms with Gasteiger partial charge in [-0.15, -0.1) is 0 Å². The molecule has 9 heteroatoms. The molecule has 3 rings (SSSR count). The van der Waals surface area contributed by atoms with Crippen molar-refractivity contribution in [2.75, 3.05) is 52.7 Å². The van der Waals surface area contributed by atoms with Gasteiger partial charge in [0, 0.05) is 61.7 Å². The molecule has 0 radical (unpaired) electrons. The van der Waals surface area contributed by atoms with Gasteiger partial charge >= 0.3 is 0 Å². The number of rotatable bonds is 9. The second-order valence-electron chi connectivity index (χ2n) is 8.60. The van der Waals surface area contributed by atoms with Crippen molar-refractivity contribution in [1.82, 2.24) is 9.80 Å². The van der Waals surface area contributed by atoms with Crippen molar-refractivity contribution in [2.45, 2.75) is 13.0 Å². The highest BCUT2D eigenvalue weighted by Gasteiger charge is 2.26. The largest absolute Gasteiger partial charge is 0.506 e. The van der Waals surface area contributed by atoms with Crippen LogP contribution in [0.25, 0.3) is 0 Å². The third-order valence-corrected chi connectivity index (χ3v) is 5.92. The van der Waals surface area contributed by atoms with E-state index < -0.39 is 0 Å². The molecule has 1 amide bonds. The number of nitrogens with two attached hydrogens (primary N) is 1. The molecule has 1 aliphatic rings. The first-order valence-electron chi connectivity index (χ1n) is 11.4. The summed E-state index contributed by atoms with van der Waals surface area (Å²) >= 11 is 0. The number of nitrogens with zero attached hydrogens (tertiary/aromatic N) is 2. The average Bonchev–Trinajstić information content (AvgIpc) is 2.83. The summed E-state index contributed by atoms with van der Waals surface area (Å²) in [5.41, 5.74) is 7.53. The molecular weight excluding hydrogens is 446 g/mol. The predicted octanol–water partition coefficient (Wildman–Crippen LogP) is 2.95. The zero-order chi connectivity index (χ0) is 25.5. The van der Waals surface area contributed by atoms with Gasteiger partial charge in [0.05, 0.1) is 12.3 Å². The molecule has 1 aliphatic heterocycles. The third-order valence-electron chi connectivity index (χ3n) is 5.92. The maximum Gasteiger partial charge on any atom is 0.254 e. The molecular formula is C26H33N5O4. The van der Waals surface area contributed by atoms with Crippen LogP contribution in [0.3, 0.4) is 0 Å². The molecule has 1 saturated heterocycles. The fourth-order valence-electron chi connectivity index (χ4n) is 3.93. The number of aliphatic hydroxyl groups is 1. The number of anilines is 1. The molecule has 1 atom stereocenters. The van der Waals surface area contributed by atoms with E-state index in [2.05, 4.69) is 4.90 Å². The number of hydrogen-bond donors (Lipinski definition) is 4. The molecule has 2 aromatic carbocycles. The Bertz CT molecular complexity index is 1110. The van der Waals surface area contributed by atoms with Crippen LogP contribution in [0.4, 0.5) is 5.69 Å². The Balaban J connectivity index is 1.67. The maximum absolute atomic E-state index is 12.9. The van der Waals surface area contributed by atoms with Gasteiger partial charge in [-0.05, 0) is 43.8 Å². The van der Waals surface area contributed by atoms with Gasteiger partial charge in [0.15, 0.2) is 0 Å². The lowest BCUT2D eigenvalue weighted by atomic mass is 10.0. The number of likely N-dealkylation sites (N-methyl/N-ethyl adjacent to an activating group) is 1. The van der Waals surface area contributed by atoms with Gasteiger partial charge in [0.1, 0.15) is 23.8 Å². The van der Waals surface area contributed by atoms with Crippen molar-refractivity contribution in [3.63, 3.8) is 0 Å². The Labute approximate surface area is 205 Å². The molecule has 5 N–H and O–H groups in total. The van der Waals surface area contributed by atoms with E-state index in [-0.39, 0.29) is 34.8 Å². The fourth-order valence-corrected chi connectivity index (χ4v) is 3.93. The van der Waals surface area contributed by atoms with Gasteiger partial charge in [-0.1, -0.05) is 12.1 Å². The molecule has 9 nitrogen and oxygen atoms in total. The summed E-state index contributed by atoms with van der Waals surface area (Å²) in [5.74, 6) is 0.114. The first-order valence-corrected chi connectivity index (χ1v) is 11.4. The Hall–Kier alpha value is -3.69. The lowest BCUT2D eigenvalue weighted by Crippen LogP contribution is -2.52. The van der Waals surface area contributed by atoms with Crippen molar-refractivity contribution >= 4 is 23.0 Å². The molecule has 0 spiro atoms. The number of carbonyl (C=O) groups is 1. The number of methoxy groups -OCH3 is 1. The maximum atomic E-state index is 12.9. The van der Waals surface area contributed by atoms with E-state index in [1.807, 2.05) is 18.9 Å². The molecule has 186 valence electrons. The number of allylic oxidation sites excluding steroid dienone is 2. The average molecular weight is 480 g/mol. The second kappa shape index (κ2) is 11.6. The van der Waals surface area contributed by atoms with Crippen molar-refractivity contribution in [3.8, 4) is 5.75 Å². The Morgan fingerprint density at radius 2 is 1.83 bits per heavy atom. The van der Waals surface area contributed by atoms with E-state index in [1.165, 1.54) is 6.08 Å². The molecule has 2 aromatic rings. The number of benzene rings is 2. The van der Waals surface area contributed by atoms with Gasteiger partial charge < -0.3 is 35.5 Å². The van der Waals surface area contributed by atoms with Crippen LogP contribution in [-0.2, 0) is 4.74 Å². The summed E-state index contributed by atoms with van der Waals surface area (Å²) in [5, 5.41) is 27.1. The molecule has 1 heterocycles. The van der Waals surface area contributed by atoms with E-state index in [4.69, 9.17) is 26.0 Å². The molecule has 0 aromatic heterocycles. The van der Waals surface area contributed by atoms with Crippen LogP contribution in [0.15, 0.2) is 54.3 Å². The van der Waals surface area contributed by atoms with Crippen LogP contribution >= 0.6 is 0 Å².